The highest BCUT2D eigenvalue weighted by molar-refractivity contribution is 6.31. The van der Waals surface area contributed by atoms with Crippen LogP contribution in [0.4, 0.5) is 9.59 Å². The third kappa shape index (κ3) is 25.9. The molecule has 18 nitrogen and oxygen atoms in total. The summed E-state index contributed by atoms with van der Waals surface area (Å²) in [7, 11) is 3.01. The molecule has 4 aromatic rings. The van der Waals surface area contributed by atoms with Crippen molar-refractivity contribution in [1.82, 2.24) is 26.6 Å². The number of rotatable bonds is 23. The SMILES string of the molecule is CC(C)(Oc1ccc(CCNC(=O)c2ccc(Cl)cc2)cc1)C(=O)OCOC(=O)NCCN.CNCCNC(=O)OCOC(=O)C(C)(C)Oc1ccc(CCNC(=O)c2ccc(Cl)cc2)cc1.Cl.[2H]CC.[3H]C. The number of amides is 4. The first kappa shape index (κ1) is 60.8. The molecule has 4 aromatic carbocycles. The first-order chi connectivity index (χ1) is 34.3. The molecule has 0 bridgehead atoms. The molecule has 0 saturated heterocycles. The third-order valence-electron chi connectivity index (χ3n) is 9.01. The molecule has 0 radical (unpaired) electrons. The number of nitrogens with one attached hydrogen (secondary N) is 5. The van der Waals surface area contributed by atoms with Crippen molar-refractivity contribution < 1.29 is 59.9 Å². The van der Waals surface area contributed by atoms with E-state index in [4.69, 9.17) is 60.1 Å². The van der Waals surface area contributed by atoms with Gasteiger partial charge in [0.15, 0.2) is 11.2 Å². The van der Waals surface area contributed by atoms with Gasteiger partial charge in [-0.05, 0) is 132 Å². The second-order valence-corrected chi connectivity index (χ2v) is 16.1. The summed E-state index contributed by atoms with van der Waals surface area (Å²) < 4.78 is 42.9. The lowest BCUT2D eigenvalue weighted by Gasteiger charge is -2.24. The van der Waals surface area contributed by atoms with Crippen LogP contribution >= 0.6 is 35.6 Å². The Morgan fingerprint density at radius 1 is 0.577 bits per heavy atom. The van der Waals surface area contributed by atoms with Crippen molar-refractivity contribution in [2.45, 2.75) is 73.0 Å². The maximum absolute atomic E-state index is 12.3. The summed E-state index contributed by atoms with van der Waals surface area (Å²) in [6.07, 6.45) is -0.165. The van der Waals surface area contributed by atoms with Crippen LogP contribution in [0, 0.1) is 0 Å². The summed E-state index contributed by atoms with van der Waals surface area (Å²) in [4.78, 5) is 71.6. The van der Waals surface area contributed by atoms with E-state index in [1.807, 2.05) is 24.3 Å². The Morgan fingerprint density at radius 2 is 0.930 bits per heavy atom. The predicted octanol–water partition coefficient (Wildman–Crippen LogP) is 7.66. The average molecular weight is 1060 g/mol. The summed E-state index contributed by atoms with van der Waals surface area (Å²) in [6, 6.07) is 27.6. The molecule has 0 fully saturated rings. The fraction of sp³-hybridized carbons (Fsp3) is 0.400. The molecule has 4 amide bonds. The van der Waals surface area contributed by atoms with E-state index in [2.05, 4.69) is 26.6 Å². The highest BCUT2D eigenvalue weighted by Gasteiger charge is 2.33. The largest absolute Gasteiger partial charge is 0.476 e. The molecule has 4 rings (SSSR count). The van der Waals surface area contributed by atoms with Gasteiger partial charge in [-0.3, -0.25) is 9.59 Å². The molecular weight excluding hydrogens is 983 g/mol. The van der Waals surface area contributed by atoms with Gasteiger partial charge in [-0.2, -0.15) is 0 Å². The number of hydrogen-bond acceptors (Lipinski definition) is 14. The van der Waals surface area contributed by atoms with Crippen LogP contribution in [0.15, 0.2) is 97.1 Å². The van der Waals surface area contributed by atoms with E-state index in [-0.39, 0.29) is 37.3 Å². The zero-order valence-electron chi connectivity index (χ0n) is 43.2. The standard InChI is InChI=1S/C24H30ClN3O6.C23H28ClN3O6.C2H6.CH4.ClH/c1-24(2,22(30)32-16-33-23(31)28-15-14-26-3)34-20-10-4-17(5-11-20)12-13-27-21(29)18-6-8-19(25)9-7-18;1-23(2,21(29)31-15-32-22(30)27-14-12-25)33-19-9-3-16(4-10-19)11-13-26-20(28)17-5-7-18(24)8-6-17;1-2;;/h4-11,26H,12-16H2,1-3H3,(H,27,29)(H,28,31);3-10H,11-15,25H2,1-2H3,(H,26,28)(H,27,30);1-2H3;1H4;1H/i;;1D;1T;. The zero-order chi connectivity index (χ0) is 54.0. The van der Waals surface area contributed by atoms with Crippen LogP contribution in [0.2, 0.25) is 10.0 Å². The first-order valence-electron chi connectivity index (χ1n) is 23.5. The van der Waals surface area contributed by atoms with Gasteiger partial charge in [0.25, 0.3) is 11.8 Å². The molecule has 0 aliphatic heterocycles. The Bertz CT molecular complexity index is 2230. The van der Waals surface area contributed by atoms with Gasteiger partial charge in [-0.1, -0.05) is 68.7 Å². The summed E-state index contributed by atoms with van der Waals surface area (Å²) >= 11 is 11.7. The molecule has 21 heteroatoms. The molecule has 0 aliphatic carbocycles. The lowest BCUT2D eigenvalue weighted by Crippen LogP contribution is -2.40. The number of alkyl carbamates (subject to hydrolysis) is 2. The predicted molar refractivity (Wildman–Crippen MR) is 276 cm³/mol. The number of nitrogens with two attached hydrogens (primary N) is 1. The molecule has 0 spiro atoms. The summed E-state index contributed by atoms with van der Waals surface area (Å²) in [6.45, 7) is 9.87. The van der Waals surface area contributed by atoms with Crippen molar-refractivity contribution in [2.75, 3.05) is 59.9 Å². The summed E-state index contributed by atoms with van der Waals surface area (Å²) in [5.74, 6) is -0.772. The highest BCUT2D eigenvalue weighted by atomic mass is 35.5. The number of benzene rings is 4. The lowest BCUT2D eigenvalue weighted by molar-refractivity contribution is -0.168. The Kier molecular flexibility index (Phi) is 29.9. The molecule has 71 heavy (non-hydrogen) atoms. The second-order valence-electron chi connectivity index (χ2n) is 15.2. The van der Waals surface area contributed by atoms with Crippen LogP contribution in [-0.4, -0.2) is 107 Å². The third-order valence-corrected chi connectivity index (χ3v) is 9.51. The number of ether oxygens (including phenoxy) is 6. The van der Waals surface area contributed by atoms with E-state index >= 15 is 0 Å². The van der Waals surface area contributed by atoms with Gasteiger partial charge in [-0.15, -0.1) is 12.4 Å². The number of likely N-dealkylation sites (N-methyl/N-ethyl adjacent to an activating group) is 1. The quantitative estimate of drug-likeness (QED) is 0.0238. The maximum Gasteiger partial charge on any atom is 0.410 e. The normalized spacial score (nSPS) is 10.6. The Balaban J connectivity index is 0.00000129. The van der Waals surface area contributed by atoms with Crippen LogP contribution in [0.25, 0.3) is 0 Å². The number of carbonyl (C=O) groups is 6. The Hall–Kier alpha value is -6.31. The van der Waals surface area contributed by atoms with E-state index in [1.54, 1.807) is 114 Å². The van der Waals surface area contributed by atoms with Crippen molar-refractivity contribution in [3.05, 3.63) is 129 Å². The van der Waals surface area contributed by atoms with E-state index in [0.29, 0.717) is 78.6 Å². The van der Waals surface area contributed by atoms with Crippen molar-refractivity contribution in [1.29, 1.82) is 0 Å². The molecular formula is C50H69Cl3N6O12. The smallest absolute Gasteiger partial charge is 0.410 e. The van der Waals surface area contributed by atoms with Crippen LogP contribution in [0.3, 0.4) is 0 Å². The molecule has 0 saturated carbocycles. The molecule has 392 valence electrons. The molecule has 0 atom stereocenters. The number of hydrogen-bond donors (Lipinski definition) is 6. The van der Waals surface area contributed by atoms with E-state index < -0.39 is 48.9 Å². The Labute approximate surface area is 435 Å². The van der Waals surface area contributed by atoms with Gasteiger partial charge >= 0.3 is 24.1 Å². The zero-order valence-corrected chi connectivity index (χ0v) is 43.5. The minimum atomic E-state index is -1.30. The number of esters is 2. The minimum absolute atomic E-state index is 0. The van der Waals surface area contributed by atoms with Crippen molar-refractivity contribution in [2.24, 2.45) is 5.73 Å². The number of halogens is 3. The lowest BCUT2D eigenvalue weighted by atomic mass is 10.1. The molecule has 7 N–H and O–H groups in total. The Morgan fingerprint density at radius 3 is 1.27 bits per heavy atom. The molecule has 0 unspecified atom stereocenters. The van der Waals surface area contributed by atoms with Gasteiger partial charge in [0.05, 0.1) is 0 Å². The number of carbonyl (C=O) groups excluding carboxylic acids is 6. The summed E-state index contributed by atoms with van der Waals surface area (Å²) in [5, 5.41) is 14.6. The average Bonchev–Trinajstić information content (AvgIpc) is 3.35. The fourth-order valence-electron chi connectivity index (χ4n) is 5.35. The first-order valence-corrected chi connectivity index (χ1v) is 22.5. The summed E-state index contributed by atoms with van der Waals surface area (Å²) in [5.41, 5.74) is 5.73. The fourth-order valence-corrected chi connectivity index (χ4v) is 5.61. The van der Waals surface area contributed by atoms with Gasteiger partial charge < -0.3 is 60.7 Å². The van der Waals surface area contributed by atoms with Gasteiger partial charge in [0.1, 0.15) is 11.5 Å². The molecule has 0 heterocycles. The minimum Gasteiger partial charge on any atom is -0.476 e. The van der Waals surface area contributed by atoms with E-state index in [0.717, 1.165) is 11.1 Å². The topological polar surface area (TPSA) is 244 Å². The van der Waals surface area contributed by atoms with E-state index in [1.165, 1.54) is 7.40 Å². The van der Waals surface area contributed by atoms with Crippen molar-refractivity contribution >= 4 is 71.5 Å². The van der Waals surface area contributed by atoms with Crippen molar-refractivity contribution in [3.63, 3.8) is 0 Å². The monoisotopic (exact) mass is 1050 g/mol. The highest BCUT2D eigenvalue weighted by Crippen LogP contribution is 2.22. The maximum atomic E-state index is 12.3. The van der Waals surface area contributed by atoms with Gasteiger partial charge in [0, 0.05) is 63.2 Å². The molecule has 0 aromatic heterocycles. The van der Waals surface area contributed by atoms with Crippen molar-refractivity contribution in [3.8, 4) is 11.5 Å². The second kappa shape index (κ2) is 34.9. The molecule has 0 aliphatic rings. The van der Waals surface area contributed by atoms with Gasteiger partial charge in [0.2, 0.25) is 13.6 Å². The van der Waals surface area contributed by atoms with Crippen LogP contribution < -0.4 is 41.8 Å². The van der Waals surface area contributed by atoms with Gasteiger partial charge in [-0.25, -0.2) is 19.2 Å². The van der Waals surface area contributed by atoms with E-state index in [9.17, 15) is 28.8 Å². The van der Waals surface area contributed by atoms with Crippen LogP contribution in [0.1, 0.15) is 83.5 Å². The van der Waals surface area contributed by atoms with Crippen LogP contribution in [0.5, 0.6) is 11.5 Å². The van der Waals surface area contributed by atoms with Crippen LogP contribution in [-0.2, 0) is 41.4 Å².